The molecule has 0 radical (unpaired) electrons. The van der Waals surface area contributed by atoms with Gasteiger partial charge in [-0.25, -0.2) is 0 Å². The summed E-state index contributed by atoms with van der Waals surface area (Å²) < 4.78 is 50.8. The number of benzene rings is 1. The fourth-order valence-corrected chi connectivity index (χ4v) is 3.23. The first-order chi connectivity index (χ1) is 11.0. The molecule has 1 fully saturated rings. The minimum atomic E-state index is -4.38. The number of hydrogen-bond donors (Lipinski definition) is 0. The van der Waals surface area contributed by atoms with Crippen LogP contribution in [-0.4, -0.2) is 23.3 Å². The fraction of sp³-hybridized carbons (Fsp3) is 0.438. The van der Waals surface area contributed by atoms with Crippen molar-refractivity contribution in [2.24, 2.45) is 0 Å². The van der Waals surface area contributed by atoms with Crippen LogP contribution in [0.1, 0.15) is 33.3 Å². The Balaban J connectivity index is 1.98. The molecule has 1 aliphatic rings. The highest BCUT2D eigenvalue weighted by Crippen LogP contribution is 2.38. The highest BCUT2D eigenvalue weighted by molar-refractivity contribution is 7.14. The van der Waals surface area contributed by atoms with E-state index < -0.39 is 30.1 Å². The molecule has 0 amide bonds. The van der Waals surface area contributed by atoms with E-state index in [2.05, 4.69) is 4.98 Å². The number of thiazole rings is 1. The molecule has 3 rings (SSSR count). The molecule has 0 N–H and O–H groups in total. The lowest BCUT2D eigenvalue weighted by atomic mass is 9.82. The second kappa shape index (κ2) is 5.57. The third kappa shape index (κ3) is 2.98. The molecule has 0 saturated carbocycles. The summed E-state index contributed by atoms with van der Waals surface area (Å²) >= 11 is 1.27. The lowest BCUT2D eigenvalue weighted by Crippen LogP contribution is -2.41. The predicted octanol–water partition coefficient (Wildman–Crippen LogP) is 4.13. The maximum absolute atomic E-state index is 13.0. The topological polar surface area (TPSA) is 31.4 Å². The summed E-state index contributed by atoms with van der Waals surface area (Å²) in [7, 11) is -0.703. The van der Waals surface area contributed by atoms with Crippen molar-refractivity contribution in [3.8, 4) is 10.4 Å². The molecule has 24 heavy (non-hydrogen) atoms. The van der Waals surface area contributed by atoms with Crippen LogP contribution < -0.4 is 5.59 Å². The van der Waals surface area contributed by atoms with Gasteiger partial charge in [0.25, 0.3) is 0 Å². The summed E-state index contributed by atoms with van der Waals surface area (Å²) in [6.07, 6.45) is -4.38. The van der Waals surface area contributed by atoms with E-state index in [1.54, 1.807) is 11.6 Å². The Kier molecular flexibility index (Phi) is 4.05. The van der Waals surface area contributed by atoms with E-state index in [4.69, 9.17) is 9.31 Å². The fourth-order valence-electron chi connectivity index (χ4n) is 2.43. The molecule has 2 heterocycles. The molecule has 1 aliphatic heterocycles. The van der Waals surface area contributed by atoms with Gasteiger partial charge in [-0.15, -0.1) is 11.3 Å². The van der Waals surface area contributed by atoms with Gasteiger partial charge in [0, 0.05) is 0 Å². The Labute approximate surface area is 143 Å². The van der Waals surface area contributed by atoms with Crippen LogP contribution in [0.15, 0.2) is 29.8 Å². The molecular weight excluding hydrogens is 338 g/mol. The van der Waals surface area contributed by atoms with Gasteiger partial charge in [-0.2, -0.15) is 13.2 Å². The van der Waals surface area contributed by atoms with Gasteiger partial charge in [0.05, 0.1) is 32.7 Å². The number of hydrogen-bond acceptors (Lipinski definition) is 4. The van der Waals surface area contributed by atoms with E-state index in [1.807, 2.05) is 27.7 Å². The molecule has 0 unspecified atom stereocenters. The molecule has 3 nitrogen and oxygen atoms in total. The van der Waals surface area contributed by atoms with E-state index >= 15 is 0 Å². The molecule has 1 aromatic carbocycles. The van der Waals surface area contributed by atoms with Crippen LogP contribution in [0.2, 0.25) is 0 Å². The van der Waals surface area contributed by atoms with Crippen molar-refractivity contribution in [3.05, 3.63) is 35.3 Å². The summed E-state index contributed by atoms with van der Waals surface area (Å²) in [5, 5.41) is 0. The Hall–Kier alpha value is -1.38. The molecule has 128 valence electrons. The minimum absolute atomic E-state index is 0.456. The second-order valence-electron chi connectivity index (χ2n) is 6.73. The standard InChI is InChI=1S/C16H17BF3NO2S/c1-14(2)15(3,4)23-17(22-14)13-12(24-9-21-13)10-6-5-7-11(8-10)16(18,19)20/h5-9H,1-4H3. The second-order valence-corrected chi connectivity index (χ2v) is 7.59. The molecule has 1 aromatic heterocycles. The Bertz CT molecular complexity index is 742. The van der Waals surface area contributed by atoms with Crippen LogP contribution in [0.4, 0.5) is 13.2 Å². The number of rotatable bonds is 2. The van der Waals surface area contributed by atoms with Gasteiger partial charge in [-0.05, 0) is 45.4 Å². The van der Waals surface area contributed by atoms with Crippen LogP contribution in [0, 0.1) is 0 Å². The largest absolute Gasteiger partial charge is 0.516 e. The number of alkyl halides is 3. The maximum Gasteiger partial charge on any atom is 0.516 e. The first kappa shape index (κ1) is 17.4. The lowest BCUT2D eigenvalue weighted by Gasteiger charge is -2.32. The van der Waals surface area contributed by atoms with Crippen LogP contribution in [0.3, 0.4) is 0 Å². The molecule has 0 aliphatic carbocycles. The van der Waals surface area contributed by atoms with Crippen LogP contribution in [0.25, 0.3) is 10.4 Å². The zero-order chi connectivity index (χ0) is 17.8. The van der Waals surface area contributed by atoms with Crippen molar-refractivity contribution in [2.75, 3.05) is 0 Å². The molecule has 0 atom stereocenters. The highest BCUT2D eigenvalue weighted by atomic mass is 32.1. The van der Waals surface area contributed by atoms with Crippen LogP contribution >= 0.6 is 11.3 Å². The lowest BCUT2D eigenvalue weighted by molar-refractivity contribution is -0.137. The van der Waals surface area contributed by atoms with Crippen LogP contribution in [-0.2, 0) is 15.5 Å². The van der Waals surface area contributed by atoms with Gasteiger partial charge < -0.3 is 9.31 Å². The molecule has 2 aromatic rings. The average molecular weight is 355 g/mol. The van der Waals surface area contributed by atoms with E-state index in [9.17, 15) is 13.2 Å². The Morgan fingerprint density at radius 1 is 1.08 bits per heavy atom. The van der Waals surface area contributed by atoms with Crippen molar-refractivity contribution >= 4 is 24.0 Å². The SMILES string of the molecule is CC1(C)OB(c2ncsc2-c2cccc(C(F)(F)F)c2)OC1(C)C. The molecule has 8 heteroatoms. The van der Waals surface area contributed by atoms with E-state index in [-0.39, 0.29) is 0 Å². The summed E-state index contributed by atoms with van der Waals surface area (Å²) in [6, 6.07) is 5.21. The monoisotopic (exact) mass is 355 g/mol. The normalized spacial score (nSPS) is 19.7. The van der Waals surface area contributed by atoms with Crippen molar-refractivity contribution in [1.29, 1.82) is 0 Å². The summed E-state index contributed by atoms with van der Waals surface area (Å²) in [5.41, 5.74) is 0.803. The van der Waals surface area contributed by atoms with Gasteiger partial charge in [0.2, 0.25) is 0 Å². The quantitative estimate of drug-likeness (QED) is 0.760. The van der Waals surface area contributed by atoms with Crippen molar-refractivity contribution in [3.63, 3.8) is 0 Å². The summed E-state index contributed by atoms with van der Waals surface area (Å²) in [4.78, 5) is 4.91. The summed E-state index contributed by atoms with van der Waals surface area (Å²) in [6.45, 7) is 7.68. The van der Waals surface area contributed by atoms with Gasteiger partial charge >= 0.3 is 13.3 Å². The van der Waals surface area contributed by atoms with Gasteiger partial charge in [0.15, 0.2) is 0 Å². The zero-order valence-corrected chi connectivity index (χ0v) is 14.6. The molecule has 0 bridgehead atoms. The van der Waals surface area contributed by atoms with Crippen LogP contribution in [0.5, 0.6) is 0 Å². The average Bonchev–Trinajstić information content (AvgIpc) is 3.01. The van der Waals surface area contributed by atoms with Crippen molar-refractivity contribution in [1.82, 2.24) is 4.98 Å². The molecule has 1 saturated heterocycles. The third-order valence-electron chi connectivity index (χ3n) is 4.52. The Morgan fingerprint density at radius 2 is 1.71 bits per heavy atom. The Morgan fingerprint density at radius 3 is 2.29 bits per heavy atom. The van der Waals surface area contributed by atoms with Gasteiger partial charge in [-0.3, -0.25) is 4.98 Å². The number of aromatic nitrogens is 1. The highest BCUT2D eigenvalue weighted by Gasteiger charge is 2.53. The van der Waals surface area contributed by atoms with E-state index in [0.29, 0.717) is 16.0 Å². The van der Waals surface area contributed by atoms with Gasteiger partial charge in [0.1, 0.15) is 0 Å². The minimum Gasteiger partial charge on any atom is -0.398 e. The predicted molar refractivity (Wildman–Crippen MR) is 88.3 cm³/mol. The first-order valence-electron chi connectivity index (χ1n) is 7.48. The van der Waals surface area contributed by atoms with Crippen molar-refractivity contribution in [2.45, 2.75) is 45.1 Å². The maximum atomic E-state index is 13.0. The van der Waals surface area contributed by atoms with E-state index in [0.717, 1.165) is 12.1 Å². The summed E-state index contributed by atoms with van der Waals surface area (Å²) in [5.74, 6) is 0. The van der Waals surface area contributed by atoms with Crippen molar-refractivity contribution < 1.29 is 22.5 Å². The number of nitrogens with zero attached hydrogens (tertiary/aromatic N) is 1. The van der Waals surface area contributed by atoms with E-state index in [1.165, 1.54) is 17.4 Å². The first-order valence-corrected chi connectivity index (χ1v) is 8.36. The van der Waals surface area contributed by atoms with Gasteiger partial charge in [-0.1, -0.05) is 12.1 Å². The smallest absolute Gasteiger partial charge is 0.398 e. The number of halogens is 3. The molecule has 0 spiro atoms. The zero-order valence-electron chi connectivity index (χ0n) is 13.8. The molecular formula is C16H17BF3NO2S. The third-order valence-corrected chi connectivity index (χ3v) is 5.41.